The zero-order chi connectivity index (χ0) is 58.2. The lowest BCUT2D eigenvalue weighted by atomic mass is 9.47. The highest BCUT2D eigenvalue weighted by Crippen LogP contribution is 2.69. The van der Waals surface area contributed by atoms with Crippen molar-refractivity contribution in [2.24, 2.45) is 92.7 Å². The lowest BCUT2D eigenvalue weighted by molar-refractivity contribution is -0.206. The largest absolute Gasteiger partial charge is 0.394 e. The molecule has 2 heterocycles. The van der Waals surface area contributed by atoms with Crippen LogP contribution in [0.1, 0.15) is 210 Å². The maximum atomic E-state index is 10.2. The Kier molecular flexibility index (Phi) is 22.5. The molecule has 0 unspecified atom stereocenters. The smallest absolute Gasteiger partial charge is 0.142 e. The van der Waals surface area contributed by atoms with E-state index in [1.807, 2.05) is 0 Å². The summed E-state index contributed by atoms with van der Waals surface area (Å²) in [5, 5.41) is 97.4. The molecule has 6 saturated carbocycles. The third kappa shape index (κ3) is 13.4. The second-order valence-electron chi connectivity index (χ2n) is 30.0. The molecule has 0 aromatic carbocycles. The fourth-order valence-corrected chi connectivity index (χ4v) is 22.5. The minimum atomic E-state index is -1.52. The summed E-state index contributed by atoms with van der Waals surface area (Å²) < 4.78 is 10.6. The Bertz CT molecular complexity index is 1900. The number of ether oxygens (including phenoxy) is 2. The summed E-state index contributed by atoms with van der Waals surface area (Å²) in [7, 11) is 1.72. The number of aliphatic hydroxyl groups is 10. The molecule has 2 aliphatic heterocycles. The molecule has 10 rings (SSSR count). The highest BCUT2D eigenvalue weighted by molar-refractivity contribution is 8.77. The van der Waals surface area contributed by atoms with Crippen LogP contribution in [0.15, 0.2) is 23.3 Å². The van der Waals surface area contributed by atoms with Gasteiger partial charge >= 0.3 is 0 Å². The summed E-state index contributed by atoms with van der Waals surface area (Å²) in [6.07, 6.45) is 23.3. The van der Waals surface area contributed by atoms with Crippen LogP contribution in [-0.2, 0) is 9.47 Å². The highest BCUT2D eigenvalue weighted by Gasteiger charge is 2.61. The Morgan fingerprint density at radius 2 is 0.838 bits per heavy atom. The first-order chi connectivity index (χ1) is 37.8. The number of hydrogen-bond donors (Lipinski definition) is 10. The van der Waals surface area contributed by atoms with Crippen LogP contribution in [-0.4, -0.2) is 136 Å². The van der Waals surface area contributed by atoms with E-state index in [-0.39, 0.29) is 12.2 Å². The Balaban J connectivity index is 0.000000158. The first-order valence-corrected chi connectivity index (χ1v) is 34.8. The fraction of sp³-hybridized carbons (Fsp3) is 0.939. The second kappa shape index (κ2) is 27.4. The SMILES string of the molecule is CC(C)CCC[C@@H](C)[C@H]1CC[C@H]2[C@@H]3CC=C4C[C@@H](O)CC[C@]4(C)[C@H]3CC[C@]12C.CC(C)CCC[C@@H](C)[C@H]1CC[C@H]2[C@@H]3CC=C4C[C@@H](O)CC[C@]4(C)[C@H]3CC[C@]12C.OC[C@H]1O[C@@H](SS[C@@H]2O[C@H](CO)[C@@H](O)[C@H](O)[C@H]2O)[C@H](O)[C@@H](O)[C@@H]1O. The molecule has 0 radical (unpaired) electrons. The van der Waals surface area contributed by atoms with Crippen molar-refractivity contribution in [3.63, 3.8) is 0 Å². The van der Waals surface area contributed by atoms with E-state index in [9.17, 15) is 40.9 Å². The predicted octanol–water partition coefficient (Wildman–Crippen LogP) is 10.7. The summed E-state index contributed by atoms with van der Waals surface area (Å²) in [6.45, 7) is 24.0. The third-order valence-electron chi connectivity index (χ3n) is 24.5. The molecule has 0 bridgehead atoms. The van der Waals surface area contributed by atoms with Crippen molar-refractivity contribution >= 4 is 21.6 Å². The molecular weight excluding hydrogens is 1050 g/mol. The van der Waals surface area contributed by atoms with Gasteiger partial charge in [0.1, 0.15) is 59.7 Å². The van der Waals surface area contributed by atoms with E-state index in [0.29, 0.717) is 21.7 Å². The van der Waals surface area contributed by atoms with Gasteiger partial charge in [0.25, 0.3) is 0 Å². The maximum absolute atomic E-state index is 10.2. The van der Waals surface area contributed by atoms with Crippen molar-refractivity contribution in [3.8, 4) is 0 Å². The number of rotatable bonds is 15. The van der Waals surface area contributed by atoms with E-state index in [1.165, 1.54) is 116 Å². The van der Waals surface area contributed by atoms with Gasteiger partial charge in [-0.05, 0) is 195 Å². The summed E-state index contributed by atoms with van der Waals surface area (Å²) in [4.78, 5) is 0. The van der Waals surface area contributed by atoms with E-state index < -0.39 is 72.9 Å². The van der Waals surface area contributed by atoms with Crippen LogP contribution in [0.2, 0.25) is 0 Å². The number of fused-ring (bicyclic) bond motifs is 10. The molecule has 26 atom stereocenters. The molecular formula is C66H114O12S2. The molecule has 0 aromatic heterocycles. The number of hydrogen-bond acceptors (Lipinski definition) is 14. The van der Waals surface area contributed by atoms with E-state index >= 15 is 0 Å². The van der Waals surface area contributed by atoms with Crippen LogP contribution in [0.25, 0.3) is 0 Å². The summed E-state index contributed by atoms with van der Waals surface area (Å²) >= 11 is 0. The quantitative estimate of drug-likeness (QED) is 0.0545. The molecule has 10 N–H and O–H groups in total. The van der Waals surface area contributed by atoms with Gasteiger partial charge in [0.2, 0.25) is 0 Å². The molecule has 0 spiro atoms. The van der Waals surface area contributed by atoms with Crippen molar-refractivity contribution in [1.29, 1.82) is 0 Å². The van der Waals surface area contributed by atoms with Crippen molar-refractivity contribution < 1.29 is 60.5 Å². The molecule has 80 heavy (non-hydrogen) atoms. The molecule has 8 aliphatic carbocycles. The highest BCUT2D eigenvalue weighted by atomic mass is 33.1. The van der Waals surface area contributed by atoms with E-state index in [4.69, 9.17) is 19.7 Å². The third-order valence-corrected chi connectivity index (χ3v) is 27.2. The summed E-state index contributed by atoms with van der Waals surface area (Å²) in [5.74, 6) is 10.9. The Morgan fingerprint density at radius 3 is 1.19 bits per heavy atom. The van der Waals surface area contributed by atoms with Gasteiger partial charge in [0, 0.05) is 0 Å². The lowest BCUT2D eigenvalue weighted by Crippen LogP contribution is -2.58. The number of aliphatic hydroxyl groups excluding tert-OH is 10. The lowest BCUT2D eigenvalue weighted by Gasteiger charge is -2.58. The molecule has 12 nitrogen and oxygen atoms in total. The van der Waals surface area contributed by atoms with Crippen molar-refractivity contribution in [2.45, 2.75) is 282 Å². The molecule has 2 saturated heterocycles. The van der Waals surface area contributed by atoms with Crippen molar-refractivity contribution in [2.75, 3.05) is 13.2 Å². The Morgan fingerprint density at radius 1 is 0.463 bits per heavy atom. The zero-order valence-electron chi connectivity index (χ0n) is 51.1. The first-order valence-electron chi connectivity index (χ1n) is 32.5. The van der Waals surface area contributed by atoms with Gasteiger partial charge in [0.05, 0.1) is 25.4 Å². The van der Waals surface area contributed by atoms with Crippen LogP contribution in [0.3, 0.4) is 0 Å². The average molecular weight is 1160 g/mol. The van der Waals surface area contributed by atoms with Gasteiger partial charge in [-0.1, -0.05) is 153 Å². The molecule has 8 fully saturated rings. The first kappa shape index (κ1) is 65.7. The van der Waals surface area contributed by atoms with E-state index in [0.717, 1.165) is 118 Å². The minimum absolute atomic E-state index is 0.0766. The second-order valence-corrected chi connectivity index (χ2v) is 32.4. The standard InChI is InChI=1S/2C27H46O.C12H22O10S2/c2*1-18(2)7-6-8-19(3)23-11-12-24-22-10-9-20-17-21(28)13-15-26(20,4)25(22)14-16-27(23,24)5;13-1-3-5(15)7(17)9(19)11(21-3)23-24-12-10(20)8(18)6(16)4(2-14)22-12/h2*9,18-19,21-25,28H,6-8,10-17H2,1-5H3;3-20H,1-2H2/t2*19-,21+,22+,23-,24+,25+,26+,27-;3-,4-,5-,6-,7+,8+,9-,10-,11+,12+/m111/s1. The Hall–Kier alpha value is -0.300. The normalized spacial score (nSPS) is 47.6. The van der Waals surface area contributed by atoms with Gasteiger partial charge in [-0.25, -0.2) is 0 Å². The van der Waals surface area contributed by atoms with Crippen LogP contribution < -0.4 is 0 Å². The van der Waals surface area contributed by atoms with Crippen molar-refractivity contribution in [3.05, 3.63) is 23.3 Å². The maximum Gasteiger partial charge on any atom is 0.142 e. The molecule has 462 valence electrons. The Labute approximate surface area is 491 Å². The van der Waals surface area contributed by atoms with Crippen LogP contribution in [0.5, 0.6) is 0 Å². The van der Waals surface area contributed by atoms with Gasteiger partial charge < -0.3 is 60.5 Å². The van der Waals surface area contributed by atoms with E-state index in [1.54, 1.807) is 11.1 Å². The summed E-state index contributed by atoms with van der Waals surface area (Å²) in [5.41, 5.74) is 3.12. The zero-order valence-corrected chi connectivity index (χ0v) is 52.7. The number of allylic oxidation sites excluding steroid dienone is 2. The van der Waals surface area contributed by atoms with Gasteiger partial charge in [-0.15, -0.1) is 0 Å². The van der Waals surface area contributed by atoms with Crippen LogP contribution >= 0.6 is 21.6 Å². The molecule has 0 amide bonds. The molecule has 10 aliphatic rings. The van der Waals surface area contributed by atoms with Gasteiger partial charge in [-0.3, -0.25) is 0 Å². The monoisotopic (exact) mass is 1160 g/mol. The van der Waals surface area contributed by atoms with Gasteiger partial charge in [0.15, 0.2) is 0 Å². The van der Waals surface area contributed by atoms with Crippen LogP contribution in [0.4, 0.5) is 0 Å². The molecule has 14 heteroatoms. The summed E-state index contributed by atoms with van der Waals surface area (Å²) in [6, 6.07) is 0. The topological polar surface area (TPSA) is 221 Å². The average Bonchev–Trinajstić information content (AvgIpc) is 3.99. The predicted molar refractivity (Wildman–Crippen MR) is 321 cm³/mol. The minimum Gasteiger partial charge on any atom is -0.394 e. The van der Waals surface area contributed by atoms with E-state index in [2.05, 4.69) is 81.4 Å². The van der Waals surface area contributed by atoms with Crippen molar-refractivity contribution in [1.82, 2.24) is 0 Å². The van der Waals surface area contributed by atoms with Crippen LogP contribution in [0, 0.1) is 92.7 Å². The van der Waals surface area contributed by atoms with Gasteiger partial charge in [-0.2, -0.15) is 0 Å². The molecule has 0 aromatic rings. The fourth-order valence-electron chi connectivity index (χ4n) is 19.7.